The van der Waals surface area contributed by atoms with Crippen molar-refractivity contribution in [2.24, 2.45) is 17.8 Å². The number of carbonyl (C=O) groups is 2. The molecule has 1 aliphatic carbocycles. The minimum absolute atomic E-state index is 0.0700. The Morgan fingerprint density at radius 1 is 1.24 bits per heavy atom. The summed E-state index contributed by atoms with van der Waals surface area (Å²) in [5, 5.41) is 32.0. The summed E-state index contributed by atoms with van der Waals surface area (Å²) >= 11 is 0. The summed E-state index contributed by atoms with van der Waals surface area (Å²) in [7, 11) is 0. The maximum atomic E-state index is 12.8. The van der Waals surface area contributed by atoms with Gasteiger partial charge in [0.15, 0.2) is 17.2 Å². The van der Waals surface area contributed by atoms with Gasteiger partial charge in [0.05, 0.1) is 17.6 Å². The van der Waals surface area contributed by atoms with Gasteiger partial charge in [-0.05, 0) is 32.1 Å². The van der Waals surface area contributed by atoms with Crippen LogP contribution < -0.4 is 0 Å². The van der Waals surface area contributed by atoms with Crippen LogP contribution in [0.2, 0.25) is 0 Å². The molecule has 1 rings (SSSR count). The zero-order chi connectivity index (χ0) is 19.5. The molecule has 3 atom stereocenters. The molecule has 0 saturated carbocycles. The Kier molecular flexibility index (Phi) is 7.15. The molecular formula is C20H32O5. The molecule has 0 aliphatic heterocycles. The fourth-order valence-electron chi connectivity index (χ4n) is 3.10. The lowest BCUT2D eigenvalue weighted by Crippen LogP contribution is -2.46. The number of rotatable bonds is 8. The molecule has 1 aliphatic rings. The van der Waals surface area contributed by atoms with Crippen LogP contribution in [0.4, 0.5) is 0 Å². The molecule has 0 fully saturated rings. The van der Waals surface area contributed by atoms with Crippen molar-refractivity contribution in [1.29, 1.82) is 0 Å². The molecule has 0 aromatic heterocycles. The maximum absolute atomic E-state index is 12.8. The lowest BCUT2D eigenvalue weighted by atomic mass is 9.79. The molecule has 3 N–H and O–H groups in total. The first-order valence-electron chi connectivity index (χ1n) is 8.99. The van der Waals surface area contributed by atoms with E-state index in [-0.39, 0.29) is 30.3 Å². The summed E-state index contributed by atoms with van der Waals surface area (Å²) < 4.78 is 0. The lowest BCUT2D eigenvalue weighted by Gasteiger charge is -2.28. The number of hydrogen-bond acceptors (Lipinski definition) is 5. The standard InChI is InChI=1S/C20H32O5/c1-11(2)7-9-14-18(23)16(17(22)13(5)6)19(24)20(14,25)15(21)10-8-12(3)4/h8,11,13-14,17,22,24-25H,7,9-10H2,1-6H3/t14-,17?,20-/m1/s1. The highest BCUT2D eigenvalue weighted by Crippen LogP contribution is 2.43. The van der Waals surface area contributed by atoms with Crippen LogP contribution in [-0.4, -0.2) is 38.6 Å². The summed E-state index contributed by atoms with van der Waals surface area (Å²) in [5.41, 5.74) is -1.55. The molecule has 142 valence electrons. The first-order valence-corrected chi connectivity index (χ1v) is 8.99. The Morgan fingerprint density at radius 2 is 1.80 bits per heavy atom. The van der Waals surface area contributed by atoms with Crippen molar-refractivity contribution in [1.82, 2.24) is 0 Å². The Bertz CT molecular complexity index is 581. The summed E-state index contributed by atoms with van der Waals surface area (Å²) in [6.07, 6.45) is 1.30. The van der Waals surface area contributed by atoms with Crippen LogP contribution in [0, 0.1) is 17.8 Å². The highest BCUT2D eigenvalue weighted by molar-refractivity contribution is 6.10. The maximum Gasteiger partial charge on any atom is 0.190 e. The van der Waals surface area contributed by atoms with Crippen LogP contribution in [0.15, 0.2) is 23.0 Å². The Morgan fingerprint density at radius 3 is 2.24 bits per heavy atom. The van der Waals surface area contributed by atoms with Crippen molar-refractivity contribution in [3.8, 4) is 0 Å². The smallest absolute Gasteiger partial charge is 0.190 e. The predicted molar refractivity (Wildman–Crippen MR) is 97.1 cm³/mol. The van der Waals surface area contributed by atoms with E-state index < -0.39 is 34.9 Å². The number of aliphatic hydroxyl groups is 3. The van der Waals surface area contributed by atoms with E-state index in [0.29, 0.717) is 6.42 Å². The third kappa shape index (κ3) is 4.39. The van der Waals surface area contributed by atoms with Gasteiger partial charge in [-0.2, -0.15) is 0 Å². The summed E-state index contributed by atoms with van der Waals surface area (Å²) in [6, 6.07) is 0. The monoisotopic (exact) mass is 352 g/mol. The Hall–Kier alpha value is -1.46. The third-order valence-electron chi connectivity index (χ3n) is 4.78. The number of carbonyl (C=O) groups excluding carboxylic acids is 2. The fraction of sp³-hybridized carbons (Fsp3) is 0.700. The van der Waals surface area contributed by atoms with E-state index >= 15 is 0 Å². The second-order valence-electron chi connectivity index (χ2n) is 8.01. The second kappa shape index (κ2) is 8.28. The highest BCUT2D eigenvalue weighted by atomic mass is 16.4. The van der Waals surface area contributed by atoms with Gasteiger partial charge in [0.1, 0.15) is 5.76 Å². The van der Waals surface area contributed by atoms with E-state index in [2.05, 4.69) is 0 Å². The van der Waals surface area contributed by atoms with Gasteiger partial charge in [-0.15, -0.1) is 0 Å². The lowest BCUT2D eigenvalue weighted by molar-refractivity contribution is -0.144. The zero-order valence-corrected chi connectivity index (χ0v) is 16.2. The van der Waals surface area contributed by atoms with Crippen LogP contribution in [0.25, 0.3) is 0 Å². The van der Waals surface area contributed by atoms with Crippen LogP contribution in [-0.2, 0) is 9.59 Å². The fourth-order valence-corrected chi connectivity index (χ4v) is 3.10. The molecule has 0 heterocycles. The SMILES string of the molecule is CC(C)=CCC(=O)[C@@]1(O)C(O)=C(C(O)C(C)C)C(=O)[C@H]1CCC(C)C. The van der Waals surface area contributed by atoms with E-state index in [9.17, 15) is 24.9 Å². The first-order chi connectivity index (χ1) is 11.4. The van der Waals surface area contributed by atoms with Crippen molar-refractivity contribution in [3.63, 3.8) is 0 Å². The van der Waals surface area contributed by atoms with Gasteiger partial charge in [-0.3, -0.25) is 9.59 Å². The van der Waals surface area contributed by atoms with Crippen molar-refractivity contribution < 1.29 is 24.9 Å². The predicted octanol–water partition coefficient (Wildman–Crippen LogP) is 3.11. The minimum Gasteiger partial charge on any atom is -0.508 e. The van der Waals surface area contributed by atoms with Gasteiger partial charge in [-0.1, -0.05) is 45.8 Å². The molecule has 0 aromatic carbocycles. The van der Waals surface area contributed by atoms with Gasteiger partial charge >= 0.3 is 0 Å². The van der Waals surface area contributed by atoms with Gasteiger partial charge in [0, 0.05) is 6.42 Å². The molecule has 5 heteroatoms. The van der Waals surface area contributed by atoms with Crippen molar-refractivity contribution >= 4 is 11.6 Å². The average Bonchev–Trinajstić information content (AvgIpc) is 2.69. The van der Waals surface area contributed by atoms with Gasteiger partial charge in [-0.25, -0.2) is 0 Å². The normalized spacial score (nSPS) is 25.0. The summed E-state index contributed by atoms with van der Waals surface area (Å²) in [6.45, 7) is 11.1. The van der Waals surface area contributed by atoms with Crippen molar-refractivity contribution in [3.05, 3.63) is 23.0 Å². The number of allylic oxidation sites excluding steroid dienone is 2. The van der Waals surface area contributed by atoms with E-state index in [1.807, 2.05) is 27.7 Å². The van der Waals surface area contributed by atoms with Crippen LogP contribution in [0.3, 0.4) is 0 Å². The van der Waals surface area contributed by atoms with E-state index in [1.54, 1.807) is 19.9 Å². The molecule has 0 bridgehead atoms. The van der Waals surface area contributed by atoms with Gasteiger partial charge in [0.25, 0.3) is 0 Å². The van der Waals surface area contributed by atoms with Crippen LogP contribution in [0.5, 0.6) is 0 Å². The Balaban J connectivity index is 3.34. The zero-order valence-electron chi connectivity index (χ0n) is 16.2. The highest BCUT2D eigenvalue weighted by Gasteiger charge is 2.58. The van der Waals surface area contributed by atoms with Crippen molar-refractivity contribution in [2.45, 2.75) is 72.5 Å². The summed E-state index contributed by atoms with van der Waals surface area (Å²) in [4.78, 5) is 25.5. The van der Waals surface area contributed by atoms with Crippen LogP contribution in [0.1, 0.15) is 60.8 Å². The molecule has 1 unspecified atom stereocenters. The van der Waals surface area contributed by atoms with E-state index in [4.69, 9.17) is 0 Å². The number of aliphatic hydroxyl groups excluding tert-OH is 2. The molecule has 0 radical (unpaired) electrons. The molecule has 0 spiro atoms. The number of hydrogen-bond donors (Lipinski definition) is 3. The molecule has 25 heavy (non-hydrogen) atoms. The molecule has 0 aromatic rings. The quantitative estimate of drug-likeness (QED) is 0.584. The Labute approximate surface area is 150 Å². The summed E-state index contributed by atoms with van der Waals surface area (Å²) in [5.74, 6) is -2.88. The molecular weight excluding hydrogens is 320 g/mol. The molecule has 0 saturated heterocycles. The largest absolute Gasteiger partial charge is 0.508 e. The van der Waals surface area contributed by atoms with Crippen LogP contribution >= 0.6 is 0 Å². The average molecular weight is 352 g/mol. The first kappa shape index (κ1) is 21.6. The third-order valence-corrected chi connectivity index (χ3v) is 4.78. The van der Waals surface area contributed by atoms with E-state index in [0.717, 1.165) is 5.57 Å². The topological polar surface area (TPSA) is 94.8 Å². The molecule has 0 amide bonds. The van der Waals surface area contributed by atoms with Gasteiger partial charge in [0.2, 0.25) is 0 Å². The van der Waals surface area contributed by atoms with Gasteiger partial charge < -0.3 is 15.3 Å². The number of ketones is 2. The van der Waals surface area contributed by atoms with Crippen molar-refractivity contribution in [2.75, 3.05) is 0 Å². The van der Waals surface area contributed by atoms with E-state index in [1.165, 1.54) is 0 Å². The number of Topliss-reactive ketones (excluding diaryl/α,β-unsaturated/α-hetero) is 2. The minimum atomic E-state index is -2.25. The second-order valence-corrected chi connectivity index (χ2v) is 8.01. The molecule has 5 nitrogen and oxygen atoms in total.